The van der Waals surface area contributed by atoms with Crippen molar-refractivity contribution in [3.05, 3.63) is 69.8 Å². The van der Waals surface area contributed by atoms with E-state index >= 15 is 0 Å². The zero-order valence-corrected chi connectivity index (χ0v) is 17.3. The summed E-state index contributed by atoms with van der Waals surface area (Å²) in [5.41, 5.74) is 5.11. The maximum atomic E-state index is 12.5. The number of nitro groups is 1. The second-order valence-corrected chi connectivity index (χ2v) is 7.10. The van der Waals surface area contributed by atoms with Crippen LogP contribution in [0.1, 0.15) is 41.0 Å². The van der Waals surface area contributed by atoms with Crippen LogP contribution in [0.25, 0.3) is 0 Å². The number of rotatable bonds is 7. The maximum absolute atomic E-state index is 12.5. The second kappa shape index (κ2) is 10.9. The molecule has 9 nitrogen and oxygen atoms in total. The summed E-state index contributed by atoms with van der Waals surface area (Å²) >= 11 is 5.03. The van der Waals surface area contributed by atoms with Gasteiger partial charge in [0.05, 0.1) is 17.1 Å². The summed E-state index contributed by atoms with van der Waals surface area (Å²) in [6, 6.07) is 11.8. The molecule has 0 unspecified atom stereocenters. The maximum Gasteiger partial charge on any atom is 0.269 e. The number of nitrogens with one attached hydrogen (secondary N) is 3. The number of nitrogens with zero attached hydrogens (tertiary/aromatic N) is 1. The molecule has 0 atom stereocenters. The lowest BCUT2D eigenvalue weighted by molar-refractivity contribution is -0.384. The lowest BCUT2D eigenvalue weighted by Crippen LogP contribution is -2.48. The third-order valence-electron chi connectivity index (χ3n) is 3.94. The monoisotopic (exact) mass is 430 g/mol. The molecule has 0 bridgehead atoms. The first kappa shape index (κ1) is 22.8. The standard InChI is InChI=1S/C20H22N4O5S/c1-13(2)11-12-29-17-6-4-3-5-16(17)19(26)21-20(30)23-22-18(25)14-7-9-15(10-8-14)24(27)28/h3-10,13H,11-12H2,1-2H3,(H,22,25)(H2,21,23,26,30). The molecule has 0 spiro atoms. The Morgan fingerprint density at radius 2 is 1.73 bits per heavy atom. The highest BCUT2D eigenvalue weighted by molar-refractivity contribution is 7.80. The van der Waals surface area contributed by atoms with Gasteiger partial charge in [-0.3, -0.25) is 35.9 Å². The molecule has 10 heteroatoms. The number of amides is 2. The van der Waals surface area contributed by atoms with Crippen LogP contribution in [-0.4, -0.2) is 28.5 Å². The van der Waals surface area contributed by atoms with E-state index in [2.05, 4.69) is 30.0 Å². The molecule has 0 saturated carbocycles. The number of para-hydroxylation sites is 1. The van der Waals surface area contributed by atoms with E-state index in [4.69, 9.17) is 17.0 Å². The van der Waals surface area contributed by atoms with Crippen molar-refractivity contribution in [2.24, 2.45) is 5.92 Å². The van der Waals surface area contributed by atoms with Crippen LogP contribution in [-0.2, 0) is 0 Å². The molecule has 0 aliphatic rings. The molecular formula is C20H22N4O5S. The van der Waals surface area contributed by atoms with Gasteiger partial charge < -0.3 is 4.74 Å². The predicted molar refractivity (Wildman–Crippen MR) is 115 cm³/mol. The number of hydrazine groups is 1. The molecule has 0 saturated heterocycles. The highest BCUT2D eigenvalue weighted by atomic mass is 32.1. The van der Waals surface area contributed by atoms with Crippen molar-refractivity contribution < 1.29 is 19.2 Å². The van der Waals surface area contributed by atoms with E-state index in [1.54, 1.807) is 24.3 Å². The molecule has 0 aromatic heterocycles. The smallest absolute Gasteiger partial charge is 0.269 e. The molecule has 2 aromatic carbocycles. The minimum atomic E-state index is -0.570. The summed E-state index contributed by atoms with van der Waals surface area (Å²) < 4.78 is 5.69. The molecular weight excluding hydrogens is 408 g/mol. The molecule has 0 aliphatic heterocycles. The molecule has 0 radical (unpaired) electrons. The van der Waals surface area contributed by atoms with Gasteiger partial charge in [0.25, 0.3) is 17.5 Å². The van der Waals surface area contributed by atoms with Gasteiger partial charge in [0.15, 0.2) is 5.11 Å². The number of nitro benzene ring substituents is 1. The van der Waals surface area contributed by atoms with Gasteiger partial charge in [0.2, 0.25) is 0 Å². The Morgan fingerprint density at radius 1 is 1.07 bits per heavy atom. The van der Waals surface area contributed by atoms with Crippen molar-refractivity contribution in [1.82, 2.24) is 16.2 Å². The Labute approximate surface area is 178 Å². The average Bonchev–Trinajstić information content (AvgIpc) is 2.72. The Morgan fingerprint density at radius 3 is 2.37 bits per heavy atom. The van der Waals surface area contributed by atoms with E-state index in [1.807, 2.05) is 0 Å². The van der Waals surface area contributed by atoms with Crippen molar-refractivity contribution in [3.8, 4) is 5.75 Å². The number of ether oxygens (including phenoxy) is 1. The number of carbonyl (C=O) groups is 2. The SMILES string of the molecule is CC(C)CCOc1ccccc1C(=O)NC(=S)NNC(=O)c1ccc([N+](=O)[O-])cc1. The van der Waals surface area contributed by atoms with E-state index in [0.717, 1.165) is 6.42 Å². The Bertz CT molecular complexity index is 931. The van der Waals surface area contributed by atoms with Gasteiger partial charge in [0, 0.05) is 17.7 Å². The fraction of sp³-hybridized carbons (Fsp3) is 0.250. The Kier molecular flexibility index (Phi) is 8.24. The van der Waals surface area contributed by atoms with Gasteiger partial charge in [-0.15, -0.1) is 0 Å². The van der Waals surface area contributed by atoms with E-state index in [-0.39, 0.29) is 16.4 Å². The minimum absolute atomic E-state index is 0.118. The zero-order valence-electron chi connectivity index (χ0n) is 16.5. The van der Waals surface area contributed by atoms with Crippen LogP contribution in [0.2, 0.25) is 0 Å². The topological polar surface area (TPSA) is 123 Å². The summed E-state index contributed by atoms with van der Waals surface area (Å²) in [5, 5.41) is 13.0. The van der Waals surface area contributed by atoms with Gasteiger partial charge in [-0.25, -0.2) is 0 Å². The van der Waals surface area contributed by atoms with E-state index < -0.39 is 16.7 Å². The summed E-state index contributed by atoms with van der Waals surface area (Å²) in [6.45, 7) is 4.64. The molecule has 2 rings (SSSR count). The number of non-ortho nitro benzene ring substituents is 1. The summed E-state index contributed by atoms with van der Waals surface area (Å²) in [5.74, 6) is -0.147. The van der Waals surface area contributed by atoms with Crippen LogP contribution in [0.3, 0.4) is 0 Å². The highest BCUT2D eigenvalue weighted by Crippen LogP contribution is 2.18. The fourth-order valence-corrected chi connectivity index (χ4v) is 2.45. The van der Waals surface area contributed by atoms with Crippen molar-refractivity contribution in [3.63, 3.8) is 0 Å². The molecule has 158 valence electrons. The first-order valence-electron chi connectivity index (χ1n) is 9.16. The lowest BCUT2D eigenvalue weighted by Gasteiger charge is -2.14. The predicted octanol–water partition coefficient (Wildman–Crippen LogP) is 2.97. The van der Waals surface area contributed by atoms with Crippen LogP contribution >= 0.6 is 12.2 Å². The Balaban J connectivity index is 1.89. The minimum Gasteiger partial charge on any atom is -0.493 e. The van der Waals surface area contributed by atoms with Gasteiger partial charge >= 0.3 is 0 Å². The summed E-state index contributed by atoms with van der Waals surface area (Å²) in [4.78, 5) is 34.7. The zero-order chi connectivity index (χ0) is 22.1. The third kappa shape index (κ3) is 6.82. The number of carbonyl (C=O) groups excluding carboxylic acids is 2. The second-order valence-electron chi connectivity index (χ2n) is 6.69. The molecule has 30 heavy (non-hydrogen) atoms. The molecule has 0 heterocycles. The molecule has 2 aromatic rings. The largest absolute Gasteiger partial charge is 0.493 e. The van der Waals surface area contributed by atoms with E-state index in [0.29, 0.717) is 23.8 Å². The first-order chi connectivity index (χ1) is 14.3. The fourth-order valence-electron chi connectivity index (χ4n) is 2.31. The van der Waals surface area contributed by atoms with Crippen molar-refractivity contribution in [2.75, 3.05) is 6.61 Å². The molecule has 2 amide bonds. The van der Waals surface area contributed by atoms with E-state index in [9.17, 15) is 19.7 Å². The van der Waals surface area contributed by atoms with Crippen molar-refractivity contribution in [2.45, 2.75) is 20.3 Å². The quantitative estimate of drug-likeness (QED) is 0.351. The van der Waals surface area contributed by atoms with Crippen molar-refractivity contribution >= 4 is 34.8 Å². The normalized spacial score (nSPS) is 10.2. The highest BCUT2D eigenvalue weighted by Gasteiger charge is 2.15. The third-order valence-corrected chi connectivity index (χ3v) is 4.15. The van der Waals surface area contributed by atoms with Crippen molar-refractivity contribution in [1.29, 1.82) is 0 Å². The van der Waals surface area contributed by atoms with Gasteiger partial charge in [0.1, 0.15) is 5.75 Å². The number of hydrogen-bond donors (Lipinski definition) is 3. The number of benzene rings is 2. The molecule has 0 aliphatic carbocycles. The Hall–Kier alpha value is -3.53. The summed E-state index contributed by atoms with van der Waals surface area (Å²) in [6.07, 6.45) is 0.852. The molecule has 3 N–H and O–H groups in total. The first-order valence-corrected chi connectivity index (χ1v) is 9.56. The summed E-state index contributed by atoms with van der Waals surface area (Å²) in [7, 11) is 0. The van der Waals surface area contributed by atoms with Gasteiger partial charge in [-0.2, -0.15) is 0 Å². The van der Waals surface area contributed by atoms with Gasteiger partial charge in [-0.05, 0) is 48.8 Å². The van der Waals surface area contributed by atoms with E-state index in [1.165, 1.54) is 24.3 Å². The van der Waals surface area contributed by atoms with Crippen LogP contribution in [0.15, 0.2) is 48.5 Å². The molecule has 0 fully saturated rings. The van der Waals surface area contributed by atoms with Crippen LogP contribution < -0.4 is 20.9 Å². The number of thiocarbonyl (C=S) groups is 1. The lowest BCUT2D eigenvalue weighted by atomic mass is 10.1. The van der Waals surface area contributed by atoms with Gasteiger partial charge in [-0.1, -0.05) is 26.0 Å². The number of hydrogen-bond acceptors (Lipinski definition) is 6. The van der Waals surface area contributed by atoms with Crippen LogP contribution in [0.5, 0.6) is 5.75 Å². The van der Waals surface area contributed by atoms with Crippen LogP contribution in [0, 0.1) is 16.0 Å². The van der Waals surface area contributed by atoms with Crippen LogP contribution in [0.4, 0.5) is 5.69 Å². The average molecular weight is 430 g/mol.